The highest BCUT2D eigenvalue weighted by molar-refractivity contribution is 7.88. The van der Waals surface area contributed by atoms with Crippen LogP contribution in [0.15, 0.2) is 6.20 Å². The fourth-order valence-corrected chi connectivity index (χ4v) is 4.46. The van der Waals surface area contributed by atoms with Gasteiger partial charge in [-0.25, -0.2) is 17.7 Å². The number of nitrogens with zero attached hydrogens (tertiary/aromatic N) is 4. The van der Waals surface area contributed by atoms with E-state index in [2.05, 4.69) is 14.9 Å². The molecule has 7 nitrogen and oxygen atoms in total. The van der Waals surface area contributed by atoms with E-state index in [1.54, 1.807) is 6.20 Å². The third-order valence-electron chi connectivity index (χ3n) is 5.05. The molecule has 2 fully saturated rings. The van der Waals surface area contributed by atoms with Gasteiger partial charge in [0.15, 0.2) is 0 Å². The van der Waals surface area contributed by atoms with E-state index in [9.17, 15) is 13.5 Å². The molecular formula is C15H24N4O3S. The molecule has 0 spiro atoms. The quantitative estimate of drug-likeness (QED) is 0.834. The number of rotatable bonds is 2. The molecule has 2 aliphatic heterocycles. The Morgan fingerprint density at radius 2 is 1.96 bits per heavy atom. The highest BCUT2D eigenvalue weighted by atomic mass is 32.2. The Morgan fingerprint density at radius 3 is 2.65 bits per heavy atom. The molecule has 0 aromatic carbocycles. The van der Waals surface area contributed by atoms with E-state index in [0.717, 1.165) is 17.2 Å². The van der Waals surface area contributed by atoms with E-state index < -0.39 is 15.6 Å². The van der Waals surface area contributed by atoms with Crippen molar-refractivity contribution in [2.24, 2.45) is 5.92 Å². The van der Waals surface area contributed by atoms with Crippen molar-refractivity contribution >= 4 is 15.8 Å². The molecule has 8 heteroatoms. The second-order valence-corrected chi connectivity index (χ2v) is 8.77. The van der Waals surface area contributed by atoms with Crippen LogP contribution in [-0.2, 0) is 10.0 Å². The Kier molecular flexibility index (Phi) is 4.10. The summed E-state index contributed by atoms with van der Waals surface area (Å²) in [6.45, 7) is 5.90. The van der Waals surface area contributed by atoms with Gasteiger partial charge in [0.05, 0.1) is 23.2 Å². The summed E-state index contributed by atoms with van der Waals surface area (Å²) < 4.78 is 25.1. The van der Waals surface area contributed by atoms with Gasteiger partial charge in [-0.1, -0.05) is 0 Å². The number of hydrogen-bond acceptors (Lipinski definition) is 6. The minimum absolute atomic E-state index is 0.110. The molecule has 0 bridgehead atoms. The first kappa shape index (κ1) is 16.6. The zero-order valence-electron chi connectivity index (χ0n) is 13.9. The minimum Gasteiger partial charge on any atom is -0.389 e. The Balaban J connectivity index is 1.83. The molecule has 1 aromatic rings. The SMILES string of the molecule is Cc1cnc(C)c(N2CC[C@@]3(O)CCN(S(C)(=O)=O)C[C@H]3C2)n1. The number of fused-ring (bicyclic) bond motifs is 1. The molecule has 0 amide bonds. The number of anilines is 1. The summed E-state index contributed by atoms with van der Waals surface area (Å²) >= 11 is 0. The van der Waals surface area contributed by atoms with Gasteiger partial charge in [0.25, 0.3) is 0 Å². The van der Waals surface area contributed by atoms with Crippen molar-refractivity contribution in [2.45, 2.75) is 32.3 Å². The summed E-state index contributed by atoms with van der Waals surface area (Å²) in [7, 11) is -3.22. The predicted octanol–water partition coefficient (Wildman–Crippen LogP) is 0.316. The molecule has 3 rings (SSSR count). The van der Waals surface area contributed by atoms with Crippen LogP contribution in [0, 0.1) is 19.8 Å². The largest absolute Gasteiger partial charge is 0.389 e. The van der Waals surface area contributed by atoms with Gasteiger partial charge in [0, 0.05) is 38.3 Å². The average molecular weight is 340 g/mol. The predicted molar refractivity (Wildman–Crippen MR) is 87.8 cm³/mol. The first-order valence-corrected chi connectivity index (χ1v) is 9.76. The topological polar surface area (TPSA) is 86.6 Å². The van der Waals surface area contributed by atoms with Gasteiger partial charge in [-0.05, 0) is 26.7 Å². The highest BCUT2D eigenvalue weighted by Gasteiger charge is 2.47. The summed E-state index contributed by atoms with van der Waals surface area (Å²) in [5.41, 5.74) is 0.938. The molecule has 0 unspecified atom stereocenters. The van der Waals surface area contributed by atoms with Crippen LogP contribution in [0.1, 0.15) is 24.2 Å². The van der Waals surface area contributed by atoms with E-state index in [-0.39, 0.29) is 5.92 Å². The summed E-state index contributed by atoms with van der Waals surface area (Å²) in [5, 5.41) is 10.9. The Hall–Kier alpha value is -1.25. The van der Waals surface area contributed by atoms with Crippen LogP contribution in [0.3, 0.4) is 0 Å². The fourth-order valence-electron chi connectivity index (χ4n) is 3.59. The lowest BCUT2D eigenvalue weighted by Gasteiger charge is -2.50. The van der Waals surface area contributed by atoms with Crippen LogP contribution < -0.4 is 4.90 Å². The van der Waals surface area contributed by atoms with Gasteiger partial charge in [-0.3, -0.25) is 4.98 Å². The molecule has 3 heterocycles. The van der Waals surface area contributed by atoms with Crippen molar-refractivity contribution in [1.29, 1.82) is 0 Å². The molecule has 0 aliphatic carbocycles. The number of aromatic nitrogens is 2. The maximum Gasteiger partial charge on any atom is 0.211 e. The van der Waals surface area contributed by atoms with E-state index in [0.29, 0.717) is 39.0 Å². The van der Waals surface area contributed by atoms with Gasteiger partial charge in [-0.2, -0.15) is 0 Å². The average Bonchev–Trinajstić information content (AvgIpc) is 2.47. The van der Waals surface area contributed by atoms with Crippen molar-refractivity contribution in [2.75, 3.05) is 37.3 Å². The van der Waals surface area contributed by atoms with Crippen molar-refractivity contribution < 1.29 is 13.5 Å². The number of hydrogen-bond donors (Lipinski definition) is 1. The number of sulfonamides is 1. The molecule has 1 aromatic heterocycles. The van der Waals surface area contributed by atoms with E-state index in [1.165, 1.54) is 10.6 Å². The van der Waals surface area contributed by atoms with Gasteiger partial charge < -0.3 is 10.0 Å². The maximum absolute atomic E-state index is 11.8. The van der Waals surface area contributed by atoms with Crippen LogP contribution in [-0.4, -0.2) is 65.8 Å². The van der Waals surface area contributed by atoms with Crippen molar-refractivity contribution in [3.05, 3.63) is 17.6 Å². The highest BCUT2D eigenvalue weighted by Crippen LogP contribution is 2.37. The lowest BCUT2D eigenvalue weighted by atomic mass is 9.76. The van der Waals surface area contributed by atoms with Crippen LogP contribution in [0.5, 0.6) is 0 Å². The van der Waals surface area contributed by atoms with E-state index in [4.69, 9.17) is 0 Å². The third kappa shape index (κ3) is 3.20. The summed E-state index contributed by atoms with van der Waals surface area (Å²) in [6.07, 6.45) is 4.10. The molecule has 2 saturated heterocycles. The van der Waals surface area contributed by atoms with Gasteiger partial charge in [0.1, 0.15) is 5.82 Å². The lowest BCUT2D eigenvalue weighted by Crippen LogP contribution is -2.60. The zero-order valence-corrected chi connectivity index (χ0v) is 14.7. The maximum atomic E-state index is 11.8. The van der Waals surface area contributed by atoms with Gasteiger partial charge in [-0.15, -0.1) is 0 Å². The third-order valence-corrected chi connectivity index (χ3v) is 6.32. The van der Waals surface area contributed by atoms with Crippen LogP contribution in [0.2, 0.25) is 0 Å². The number of aryl methyl sites for hydroxylation is 2. The van der Waals surface area contributed by atoms with Crippen LogP contribution in [0.4, 0.5) is 5.82 Å². The molecule has 23 heavy (non-hydrogen) atoms. The second-order valence-electron chi connectivity index (χ2n) is 6.79. The zero-order chi connectivity index (χ0) is 16.8. The van der Waals surface area contributed by atoms with Crippen LogP contribution in [0.25, 0.3) is 0 Å². The molecule has 0 radical (unpaired) electrons. The van der Waals surface area contributed by atoms with Crippen molar-refractivity contribution in [3.63, 3.8) is 0 Å². The monoisotopic (exact) mass is 340 g/mol. The molecule has 2 aliphatic rings. The van der Waals surface area contributed by atoms with E-state index >= 15 is 0 Å². The molecular weight excluding hydrogens is 316 g/mol. The Morgan fingerprint density at radius 1 is 1.26 bits per heavy atom. The Bertz CT molecular complexity index is 709. The summed E-state index contributed by atoms with van der Waals surface area (Å²) in [5.74, 6) is 0.727. The first-order chi connectivity index (χ1) is 10.7. The van der Waals surface area contributed by atoms with Crippen molar-refractivity contribution in [3.8, 4) is 0 Å². The molecule has 128 valence electrons. The smallest absolute Gasteiger partial charge is 0.211 e. The number of piperidine rings is 2. The summed E-state index contributed by atoms with van der Waals surface area (Å²) in [4.78, 5) is 11.1. The fraction of sp³-hybridized carbons (Fsp3) is 0.733. The molecule has 0 saturated carbocycles. The second kappa shape index (κ2) is 5.68. The number of aliphatic hydroxyl groups is 1. The van der Waals surface area contributed by atoms with Gasteiger partial charge in [0.2, 0.25) is 10.0 Å². The standard InChI is InChI=1S/C15H24N4O3S/c1-11-8-16-12(2)14(17-11)18-6-4-15(20)5-7-19(23(3,21)22)10-13(15)9-18/h8,13,20H,4-7,9-10H2,1-3H3/t13-,15-/m1/s1. The van der Waals surface area contributed by atoms with E-state index in [1.807, 2.05) is 13.8 Å². The lowest BCUT2D eigenvalue weighted by molar-refractivity contribution is -0.0688. The normalized spacial score (nSPS) is 29.4. The Labute approximate surface area is 137 Å². The van der Waals surface area contributed by atoms with Gasteiger partial charge >= 0.3 is 0 Å². The molecule has 2 atom stereocenters. The first-order valence-electron chi connectivity index (χ1n) is 7.92. The molecule has 1 N–H and O–H groups in total. The van der Waals surface area contributed by atoms with Crippen molar-refractivity contribution in [1.82, 2.24) is 14.3 Å². The minimum atomic E-state index is -3.22. The summed E-state index contributed by atoms with van der Waals surface area (Å²) in [6, 6.07) is 0. The van der Waals surface area contributed by atoms with Crippen LogP contribution >= 0.6 is 0 Å².